The van der Waals surface area contributed by atoms with E-state index in [0.717, 1.165) is 48.1 Å². The van der Waals surface area contributed by atoms with Gasteiger partial charge in [-0.15, -0.1) is 0 Å². The minimum Gasteiger partial charge on any atom is -0.394 e. The molecule has 1 heterocycles. The fourth-order valence-electron chi connectivity index (χ4n) is 1.76. The summed E-state index contributed by atoms with van der Waals surface area (Å²) in [5.41, 5.74) is -0.125. The molecule has 6 heteroatoms. The van der Waals surface area contributed by atoms with Crippen molar-refractivity contribution in [1.82, 2.24) is 14.7 Å². The average molecular weight is 303 g/mol. The topological polar surface area (TPSA) is 58.0 Å². The van der Waals surface area contributed by atoms with Crippen LogP contribution < -0.4 is 5.32 Å². The lowest BCUT2D eigenvalue weighted by atomic mass is 9.96. The number of hydrogen-bond acceptors (Lipinski definition) is 6. The number of rotatable bonds is 10. The summed E-state index contributed by atoms with van der Waals surface area (Å²) in [4.78, 5) is 4.33. The Morgan fingerprint density at radius 2 is 2.21 bits per heavy atom. The SMILES string of the molecule is CCCNC(C)(CO)CCCCSc1nc(C)ns1. The van der Waals surface area contributed by atoms with Gasteiger partial charge in [0.05, 0.1) is 6.61 Å². The maximum Gasteiger partial charge on any atom is 0.170 e. The van der Waals surface area contributed by atoms with Gasteiger partial charge in [0.1, 0.15) is 5.82 Å². The molecular weight excluding hydrogens is 278 g/mol. The Kier molecular flexibility index (Phi) is 7.90. The molecule has 2 N–H and O–H groups in total. The van der Waals surface area contributed by atoms with Crippen molar-refractivity contribution in [2.45, 2.75) is 56.3 Å². The molecule has 0 bridgehead atoms. The van der Waals surface area contributed by atoms with Gasteiger partial charge in [-0.1, -0.05) is 25.1 Å². The van der Waals surface area contributed by atoms with E-state index in [2.05, 4.69) is 28.5 Å². The summed E-state index contributed by atoms with van der Waals surface area (Å²) in [6.07, 6.45) is 4.38. The minimum atomic E-state index is -0.125. The van der Waals surface area contributed by atoms with E-state index in [1.807, 2.05) is 6.92 Å². The number of aryl methyl sites for hydroxylation is 1. The van der Waals surface area contributed by atoms with Crippen LogP contribution in [0, 0.1) is 6.92 Å². The van der Waals surface area contributed by atoms with Crippen molar-refractivity contribution >= 4 is 23.3 Å². The molecule has 1 aromatic heterocycles. The van der Waals surface area contributed by atoms with E-state index < -0.39 is 0 Å². The average Bonchev–Trinajstić information content (AvgIpc) is 2.82. The summed E-state index contributed by atoms with van der Waals surface area (Å²) in [5.74, 6) is 1.94. The molecule has 110 valence electrons. The van der Waals surface area contributed by atoms with Gasteiger partial charge in [-0.25, -0.2) is 4.98 Å². The van der Waals surface area contributed by atoms with Gasteiger partial charge in [-0.05, 0) is 51.2 Å². The second-order valence-corrected chi connectivity index (χ2v) is 7.15. The van der Waals surface area contributed by atoms with Gasteiger partial charge in [0.25, 0.3) is 0 Å². The van der Waals surface area contributed by atoms with Crippen LogP contribution in [0.4, 0.5) is 0 Å². The Bertz CT molecular complexity index is 359. The Morgan fingerprint density at radius 3 is 2.79 bits per heavy atom. The molecular formula is C13H25N3OS2. The fraction of sp³-hybridized carbons (Fsp3) is 0.846. The molecule has 4 nitrogen and oxygen atoms in total. The lowest BCUT2D eigenvalue weighted by molar-refractivity contribution is 0.163. The number of thioether (sulfide) groups is 1. The summed E-state index contributed by atoms with van der Waals surface area (Å²) >= 11 is 3.26. The van der Waals surface area contributed by atoms with Crippen molar-refractivity contribution in [3.63, 3.8) is 0 Å². The van der Waals surface area contributed by atoms with Gasteiger partial charge in [-0.2, -0.15) is 4.37 Å². The normalized spacial score (nSPS) is 14.5. The van der Waals surface area contributed by atoms with E-state index in [4.69, 9.17) is 0 Å². The first-order valence-corrected chi connectivity index (χ1v) is 8.64. The predicted octanol–water partition coefficient (Wildman–Crippen LogP) is 2.86. The Hall–Kier alpha value is -0.170. The van der Waals surface area contributed by atoms with Crippen LogP contribution in [0.1, 0.15) is 45.4 Å². The van der Waals surface area contributed by atoms with Crippen molar-refractivity contribution in [2.24, 2.45) is 0 Å². The molecule has 19 heavy (non-hydrogen) atoms. The highest BCUT2D eigenvalue weighted by Gasteiger charge is 2.21. The van der Waals surface area contributed by atoms with Crippen LogP contribution in [-0.4, -0.2) is 38.9 Å². The first-order chi connectivity index (χ1) is 9.09. The van der Waals surface area contributed by atoms with Crippen LogP contribution in [0.5, 0.6) is 0 Å². The molecule has 0 saturated carbocycles. The number of aliphatic hydroxyl groups is 1. The van der Waals surface area contributed by atoms with Gasteiger partial charge in [0.2, 0.25) is 0 Å². The van der Waals surface area contributed by atoms with E-state index in [1.54, 1.807) is 11.8 Å². The van der Waals surface area contributed by atoms with Crippen LogP contribution in [0.3, 0.4) is 0 Å². The molecule has 1 aromatic rings. The van der Waals surface area contributed by atoms with E-state index in [9.17, 15) is 5.11 Å². The molecule has 1 rings (SSSR count). The van der Waals surface area contributed by atoms with Crippen LogP contribution in [0.25, 0.3) is 0 Å². The molecule has 0 fully saturated rings. The number of nitrogens with one attached hydrogen (secondary N) is 1. The molecule has 1 atom stereocenters. The fourth-order valence-corrected chi connectivity index (χ4v) is 3.48. The number of nitrogens with zero attached hydrogens (tertiary/aromatic N) is 2. The molecule has 0 spiro atoms. The lowest BCUT2D eigenvalue weighted by Crippen LogP contribution is -2.46. The van der Waals surface area contributed by atoms with Gasteiger partial charge in [0.15, 0.2) is 4.34 Å². The molecule has 0 radical (unpaired) electrons. The summed E-state index contributed by atoms with van der Waals surface area (Å²) in [6.45, 7) is 7.34. The van der Waals surface area contributed by atoms with Crippen molar-refractivity contribution in [3.05, 3.63) is 5.82 Å². The third-order valence-corrected chi connectivity index (χ3v) is 5.02. The standard InChI is InChI=1S/C13H25N3OS2/c1-4-8-14-13(3,10-17)7-5-6-9-18-12-15-11(2)16-19-12/h14,17H,4-10H2,1-3H3. The van der Waals surface area contributed by atoms with Crippen LogP contribution in [-0.2, 0) is 0 Å². The zero-order valence-corrected chi connectivity index (χ0v) is 13.7. The predicted molar refractivity (Wildman–Crippen MR) is 83.0 cm³/mol. The summed E-state index contributed by atoms with van der Waals surface area (Å²) in [5, 5.41) is 12.9. The van der Waals surface area contributed by atoms with Crippen LogP contribution in [0.15, 0.2) is 4.34 Å². The quantitative estimate of drug-likeness (QED) is 0.514. The smallest absolute Gasteiger partial charge is 0.170 e. The van der Waals surface area contributed by atoms with Gasteiger partial charge in [-0.3, -0.25) is 0 Å². The Morgan fingerprint density at radius 1 is 1.42 bits per heavy atom. The molecule has 1 unspecified atom stereocenters. The summed E-state index contributed by atoms with van der Waals surface area (Å²) < 4.78 is 5.23. The second kappa shape index (κ2) is 8.89. The van der Waals surface area contributed by atoms with Crippen molar-refractivity contribution in [3.8, 4) is 0 Å². The highest BCUT2D eigenvalue weighted by molar-refractivity contribution is 8.00. The third-order valence-electron chi connectivity index (χ3n) is 3.01. The zero-order chi connectivity index (χ0) is 14.1. The zero-order valence-electron chi connectivity index (χ0n) is 12.1. The van der Waals surface area contributed by atoms with Crippen molar-refractivity contribution in [1.29, 1.82) is 0 Å². The van der Waals surface area contributed by atoms with Gasteiger partial charge >= 0.3 is 0 Å². The number of unbranched alkanes of at least 4 members (excludes halogenated alkanes) is 1. The first-order valence-electron chi connectivity index (χ1n) is 6.88. The Labute approximate surface area is 124 Å². The molecule has 0 aliphatic heterocycles. The highest BCUT2D eigenvalue weighted by atomic mass is 32.2. The monoisotopic (exact) mass is 303 g/mol. The second-order valence-electron chi connectivity index (χ2n) is 5.06. The largest absolute Gasteiger partial charge is 0.394 e. The van der Waals surface area contributed by atoms with Crippen LogP contribution >= 0.6 is 23.3 Å². The maximum absolute atomic E-state index is 9.46. The minimum absolute atomic E-state index is 0.125. The van der Waals surface area contributed by atoms with Gasteiger partial charge < -0.3 is 10.4 Å². The molecule has 0 aliphatic rings. The lowest BCUT2D eigenvalue weighted by Gasteiger charge is -2.28. The van der Waals surface area contributed by atoms with Gasteiger partial charge in [0, 0.05) is 11.3 Å². The molecule has 0 aromatic carbocycles. The van der Waals surface area contributed by atoms with E-state index in [-0.39, 0.29) is 12.1 Å². The molecule has 0 saturated heterocycles. The first kappa shape index (κ1) is 16.9. The van der Waals surface area contributed by atoms with Crippen molar-refractivity contribution < 1.29 is 5.11 Å². The summed E-state index contributed by atoms with van der Waals surface area (Å²) in [7, 11) is 0. The highest BCUT2D eigenvalue weighted by Crippen LogP contribution is 2.22. The molecule has 0 aliphatic carbocycles. The van der Waals surface area contributed by atoms with E-state index in [1.165, 1.54) is 11.5 Å². The summed E-state index contributed by atoms with van der Waals surface area (Å²) in [6, 6.07) is 0. The number of hydrogen-bond donors (Lipinski definition) is 2. The number of aliphatic hydroxyl groups excluding tert-OH is 1. The van der Waals surface area contributed by atoms with Crippen LogP contribution in [0.2, 0.25) is 0 Å². The molecule has 0 amide bonds. The number of aromatic nitrogens is 2. The Balaban J connectivity index is 2.15. The third kappa shape index (κ3) is 6.70. The maximum atomic E-state index is 9.46. The van der Waals surface area contributed by atoms with E-state index in [0.29, 0.717) is 0 Å². The van der Waals surface area contributed by atoms with E-state index >= 15 is 0 Å². The van der Waals surface area contributed by atoms with Crippen molar-refractivity contribution in [2.75, 3.05) is 18.9 Å².